The molecule has 0 aliphatic rings. The molecule has 0 spiro atoms. The first kappa shape index (κ1) is 11.2. The molecular formula is C5H6KN3O2. The predicted octanol–water partition coefficient (Wildman–Crippen LogP) is -4.59. The first-order chi connectivity index (χ1) is 4.68. The van der Waals surface area contributed by atoms with Crippen molar-refractivity contribution in [2.45, 2.75) is 13.3 Å². The van der Waals surface area contributed by atoms with Crippen molar-refractivity contribution in [3.63, 3.8) is 0 Å². The molecule has 0 amide bonds. The van der Waals surface area contributed by atoms with Gasteiger partial charge in [0.15, 0.2) is 5.82 Å². The second-order valence-corrected chi connectivity index (χ2v) is 1.89. The molecule has 0 bridgehead atoms. The zero-order valence-corrected chi connectivity index (χ0v) is 9.54. The van der Waals surface area contributed by atoms with Gasteiger partial charge in [0.1, 0.15) is 5.82 Å². The van der Waals surface area contributed by atoms with Gasteiger partial charge in [0, 0.05) is 12.4 Å². The van der Waals surface area contributed by atoms with Crippen LogP contribution in [-0.2, 0) is 11.2 Å². The molecule has 0 fully saturated rings. The Morgan fingerprint density at radius 2 is 2.36 bits per heavy atom. The van der Waals surface area contributed by atoms with Crippen molar-refractivity contribution in [3.05, 3.63) is 11.6 Å². The average molecular weight is 179 g/mol. The van der Waals surface area contributed by atoms with E-state index in [1.165, 1.54) is 0 Å². The van der Waals surface area contributed by atoms with Gasteiger partial charge in [-0.2, -0.15) is 5.10 Å². The van der Waals surface area contributed by atoms with Crippen molar-refractivity contribution in [2.75, 3.05) is 0 Å². The van der Waals surface area contributed by atoms with Gasteiger partial charge in [0.05, 0.1) is 0 Å². The fourth-order valence-corrected chi connectivity index (χ4v) is 0.597. The maximum absolute atomic E-state index is 9.97. The second kappa shape index (κ2) is 4.99. The molecule has 5 nitrogen and oxygen atoms in total. The molecule has 1 aromatic heterocycles. The molecule has 11 heavy (non-hydrogen) atoms. The minimum absolute atomic E-state index is 0. The minimum Gasteiger partial charge on any atom is -0.550 e. The maximum atomic E-state index is 9.97. The van der Waals surface area contributed by atoms with Crippen LogP contribution in [0.2, 0.25) is 0 Å². The number of rotatable bonds is 2. The number of H-pyrrole nitrogens is 1. The Morgan fingerprint density at radius 3 is 2.73 bits per heavy atom. The van der Waals surface area contributed by atoms with Gasteiger partial charge in [-0.25, -0.2) is 4.98 Å². The minimum atomic E-state index is -1.17. The number of aromatic amines is 1. The van der Waals surface area contributed by atoms with E-state index < -0.39 is 5.97 Å². The van der Waals surface area contributed by atoms with Crippen molar-refractivity contribution >= 4 is 5.97 Å². The van der Waals surface area contributed by atoms with Crippen LogP contribution < -0.4 is 56.5 Å². The molecule has 54 valence electrons. The van der Waals surface area contributed by atoms with Crippen LogP contribution >= 0.6 is 0 Å². The van der Waals surface area contributed by atoms with E-state index in [1.807, 2.05) is 0 Å². The summed E-state index contributed by atoms with van der Waals surface area (Å²) in [7, 11) is 0. The zero-order valence-electron chi connectivity index (χ0n) is 6.42. The summed E-state index contributed by atoms with van der Waals surface area (Å²) >= 11 is 0. The van der Waals surface area contributed by atoms with Gasteiger partial charge in [-0.3, -0.25) is 5.10 Å². The molecule has 1 N–H and O–H groups in total. The summed E-state index contributed by atoms with van der Waals surface area (Å²) < 4.78 is 0. The normalized spacial score (nSPS) is 8.82. The molecule has 1 heterocycles. The van der Waals surface area contributed by atoms with Gasteiger partial charge in [0.2, 0.25) is 0 Å². The van der Waals surface area contributed by atoms with E-state index in [1.54, 1.807) is 6.92 Å². The van der Waals surface area contributed by atoms with E-state index in [2.05, 4.69) is 15.2 Å². The Labute approximate surface area is 106 Å². The summed E-state index contributed by atoms with van der Waals surface area (Å²) in [6.07, 6.45) is -0.232. The zero-order chi connectivity index (χ0) is 7.56. The Bertz CT molecular complexity index is 248. The molecule has 1 rings (SSSR count). The van der Waals surface area contributed by atoms with E-state index >= 15 is 0 Å². The summed E-state index contributed by atoms with van der Waals surface area (Å²) in [6.45, 7) is 1.70. The standard InChI is InChI=1S/C5H7N3O2.K/c1-3-6-4(8-7-3)2-5(9)10;/h2H2,1H3,(H,9,10)(H,6,7,8);/q;+1/p-1. The van der Waals surface area contributed by atoms with Crippen LogP contribution in [0.25, 0.3) is 0 Å². The van der Waals surface area contributed by atoms with Crippen LogP contribution in [-0.4, -0.2) is 21.2 Å². The Kier molecular flexibility index (Phi) is 5.10. The van der Waals surface area contributed by atoms with Crippen molar-refractivity contribution in [1.82, 2.24) is 15.2 Å². The van der Waals surface area contributed by atoms with E-state index in [0.717, 1.165) is 0 Å². The molecule has 6 heteroatoms. The van der Waals surface area contributed by atoms with E-state index in [9.17, 15) is 9.90 Å². The number of aryl methyl sites for hydroxylation is 1. The molecule has 1 aromatic rings. The van der Waals surface area contributed by atoms with Crippen LogP contribution in [0.3, 0.4) is 0 Å². The summed E-state index contributed by atoms with van der Waals surface area (Å²) in [6, 6.07) is 0. The van der Waals surface area contributed by atoms with Crippen molar-refractivity contribution < 1.29 is 61.3 Å². The Morgan fingerprint density at radius 1 is 1.73 bits per heavy atom. The van der Waals surface area contributed by atoms with Gasteiger partial charge >= 0.3 is 51.4 Å². The maximum Gasteiger partial charge on any atom is 1.00 e. The van der Waals surface area contributed by atoms with Crippen molar-refractivity contribution in [1.29, 1.82) is 0 Å². The SMILES string of the molecule is Cc1nc(CC(=O)[O-])n[nH]1.[K+]. The summed E-state index contributed by atoms with van der Waals surface area (Å²) in [4.78, 5) is 13.7. The quantitative estimate of drug-likeness (QED) is 0.463. The third kappa shape index (κ3) is 3.97. The van der Waals surface area contributed by atoms with Gasteiger partial charge in [-0.05, 0) is 6.92 Å². The number of carboxylic acid groups (broad SMARTS) is 1. The Hall–Kier alpha value is 0.246. The first-order valence-electron chi connectivity index (χ1n) is 2.76. The van der Waals surface area contributed by atoms with Gasteiger partial charge in [-0.1, -0.05) is 0 Å². The molecule has 0 atom stereocenters. The smallest absolute Gasteiger partial charge is 0.550 e. The van der Waals surface area contributed by atoms with Gasteiger partial charge in [0.25, 0.3) is 0 Å². The molecule has 0 aliphatic carbocycles. The molecule has 0 aliphatic heterocycles. The van der Waals surface area contributed by atoms with Gasteiger partial charge < -0.3 is 9.90 Å². The number of carboxylic acids is 1. The number of nitrogens with zero attached hydrogens (tertiary/aromatic N) is 2. The fraction of sp³-hybridized carbons (Fsp3) is 0.400. The average Bonchev–Trinajstić information content (AvgIpc) is 2.13. The molecule has 0 radical (unpaired) electrons. The largest absolute Gasteiger partial charge is 1.00 e. The van der Waals surface area contributed by atoms with Crippen LogP contribution in [0.15, 0.2) is 0 Å². The van der Waals surface area contributed by atoms with Gasteiger partial charge in [-0.15, -0.1) is 0 Å². The summed E-state index contributed by atoms with van der Waals surface area (Å²) in [5.74, 6) is -0.298. The molecule has 0 saturated carbocycles. The molecular weight excluding hydrogens is 173 g/mol. The predicted molar refractivity (Wildman–Crippen MR) is 29.8 cm³/mol. The van der Waals surface area contributed by atoms with Crippen LogP contribution in [0.5, 0.6) is 0 Å². The summed E-state index contributed by atoms with van der Waals surface area (Å²) in [5, 5.41) is 16.1. The van der Waals surface area contributed by atoms with E-state index in [0.29, 0.717) is 5.82 Å². The number of nitrogens with one attached hydrogen (secondary N) is 1. The number of carbonyl (C=O) groups is 1. The van der Waals surface area contributed by atoms with Crippen molar-refractivity contribution in [2.24, 2.45) is 0 Å². The van der Waals surface area contributed by atoms with Crippen LogP contribution in [0, 0.1) is 6.92 Å². The third-order valence-corrected chi connectivity index (χ3v) is 0.946. The molecule has 0 aromatic carbocycles. The number of hydrogen-bond donors (Lipinski definition) is 1. The number of aromatic nitrogens is 3. The number of carbonyl (C=O) groups excluding carboxylic acids is 1. The fourth-order valence-electron chi connectivity index (χ4n) is 0.597. The number of hydrogen-bond acceptors (Lipinski definition) is 4. The van der Waals surface area contributed by atoms with Crippen LogP contribution in [0.1, 0.15) is 11.6 Å². The van der Waals surface area contributed by atoms with E-state index in [-0.39, 0.29) is 63.6 Å². The monoisotopic (exact) mass is 179 g/mol. The topological polar surface area (TPSA) is 81.7 Å². The Balaban J connectivity index is 0.000001000. The van der Waals surface area contributed by atoms with E-state index in [4.69, 9.17) is 0 Å². The third-order valence-electron chi connectivity index (χ3n) is 0.946. The second-order valence-electron chi connectivity index (χ2n) is 1.89. The van der Waals surface area contributed by atoms with Crippen molar-refractivity contribution in [3.8, 4) is 0 Å². The molecule has 0 unspecified atom stereocenters. The molecule has 0 saturated heterocycles. The van der Waals surface area contributed by atoms with Crippen LogP contribution in [0.4, 0.5) is 0 Å². The first-order valence-corrected chi connectivity index (χ1v) is 2.76. The summed E-state index contributed by atoms with van der Waals surface area (Å²) in [5.41, 5.74) is 0. The number of aliphatic carboxylic acids is 1.